The topological polar surface area (TPSA) is 83.8 Å². The van der Waals surface area contributed by atoms with Crippen LogP contribution in [0.15, 0.2) is 29.3 Å². The van der Waals surface area contributed by atoms with Crippen LogP contribution in [0.4, 0.5) is 0 Å². The number of aromatic nitrogens is 2. The summed E-state index contributed by atoms with van der Waals surface area (Å²) in [4.78, 5) is 22.5. The minimum Gasteiger partial charge on any atom is -0.376 e. The molecule has 1 fully saturated rings. The average Bonchev–Trinajstić information content (AvgIpc) is 3.33. The summed E-state index contributed by atoms with van der Waals surface area (Å²) in [5.41, 5.74) is 2.19. The number of carbonyl (C=O) groups is 1. The number of guanidine groups is 1. The Morgan fingerprint density at radius 3 is 2.93 bits per heavy atom. The Hall–Kier alpha value is -2.61. The fourth-order valence-corrected chi connectivity index (χ4v) is 3.40. The van der Waals surface area contributed by atoms with Gasteiger partial charge in [0.05, 0.1) is 17.1 Å². The zero-order valence-electron chi connectivity index (χ0n) is 17.6. The van der Waals surface area contributed by atoms with Crippen molar-refractivity contribution >= 4 is 22.9 Å². The highest BCUT2D eigenvalue weighted by Gasteiger charge is 2.16. The summed E-state index contributed by atoms with van der Waals surface area (Å²) in [6, 6.07) is 8.20. The van der Waals surface area contributed by atoms with Crippen molar-refractivity contribution in [3.05, 3.63) is 30.1 Å². The Morgan fingerprint density at radius 2 is 2.17 bits per heavy atom. The van der Waals surface area contributed by atoms with Crippen molar-refractivity contribution in [2.24, 2.45) is 4.99 Å². The number of rotatable bonds is 8. The Kier molecular flexibility index (Phi) is 7.46. The molecule has 1 aromatic heterocycles. The fraction of sp³-hybridized carbons (Fsp3) is 0.571. The molecule has 8 heteroatoms. The number of nitrogens with zero attached hydrogens (tertiary/aromatic N) is 4. The molecule has 158 valence electrons. The third-order valence-electron chi connectivity index (χ3n) is 5.09. The lowest BCUT2D eigenvalue weighted by Gasteiger charge is -2.16. The molecule has 0 radical (unpaired) electrons. The molecule has 3 rings (SSSR count). The van der Waals surface area contributed by atoms with Gasteiger partial charge in [0.1, 0.15) is 12.4 Å². The fourth-order valence-electron chi connectivity index (χ4n) is 3.40. The van der Waals surface area contributed by atoms with Crippen molar-refractivity contribution in [3.63, 3.8) is 0 Å². The molecule has 1 aliphatic heterocycles. The van der Waals surface area contributed by atoms with Gasteiger partial charge >= 0.3 is 0 Å². The van der Waals surface area contributed by atoms with Crippen molar-refractivity contribution in [2.45, 2.75) is 38.8 Å². The second-order valence-corrected chi connectivity index (χ2v) is 7.55. The van der Waals surface area contributed by atoms with E-state index in [-0.39, 0.29) is 18.6 Å². The van der Waals surface area contributed by atoms with E-state index in [0.29, 0.717) is 12.5 Å². The van der Waals surface area contributed by atoms with Crippen molar-refractivity contribution in [3.8, 4) is 0 Å². The molecule has 8 nitrogen and oxygen atoms in total. The standard InChI is InChI=1S/C21H32N6O2/c1-16-25-18-9-4-5-10-19(18)27(16)12-7-11-22-21(24-15-20(28)26(2)3)23-14-17-8-6-13-29-17/h4-5,9-10,17H,6-8,11-15H2,1-3H3,(H2,22,23,24). The minimum atomic E-state index is -0.0243. The van der Waals surface area contributed by atoms with Crippen LogP contribution in [0.1, 0.15) is 25.1 Å². The van der Waals surface area contributed by atoms with Crippen molar-refractivity contribution < 1.29 is 9.53 Å². The molecule has 29 heavy (non-hydrogen) atoms. The highest BCUT2D eigenvalue weighted by atomic mass is 16.5. The zero-order valence-corrected chi connectivity index (χ0v) is 17.6. The number of ether oxygens (including phenoxy) is 1. The molecule has 1 amide bonds. The number of likely N-dealkylation sites (N-methyl/N-ethyl adjacent to an activating group) is 1. The Balaban J connectivity index is 1.53. The first-order chi connectivity index (χ1) is 14.0. The summed E-state index contributed by atoms with van der Waals surface area (Å²) in [5.74, 6) is 1.65. The zero-order chi connectivity index (χ0) is 20.6. The lowest BCUT2D eigenvalue weighted by atomic mass is 10.2. The van der Waals surface area contributed by atoms with Crippen molar-refractivity contribution in [1.82, 2.24) is 25.1 Å². The van der Waals surface area contributed by atoms with E-state index in [4.69, 9.17) is 4.74 Å². The van der Waals surface area contributed by atoms with Gasteiger partial charge in [-0.1, -0.05) is 12.1 Å². The number of para-hydroxylation sites is 2. The number of carbonyl (C=O) groups excluding carboxylic acids is 1. The molecule has 1 aliphatic rings. The van der Waals surface area contributed by atoms with Crippen LogP contribution >= 0.6 is 0 Å². The second-order valence-electron chi connectivity index (χ2n) is 7.55. The smallest absolute Gasteiger partial charge is 0.243 e. The number of nitrogens with one attached hydrogen (secondary N) is 2. The maximum atomic E-state index is 11.9. The first kappa shape index (κ1) is 21.1. The number of amides is 1. The van der Waals surface area contributed by atoms with E-state index >= 15 is 0 Å². The van der Waals surface area contributed by atoms with Crippen LogP contribution in [0.25, 0.3) is 11.0 Å². The Bertz CT molecular complexity index is 839. The monoisotopic (exact) mass is 400 g/mol. The summed E-state index contributed by atoms with van der Waals surface area (Å²) < 4.78 is 7.90. The third kappa shape index (κ3) is 5.93. The molecule has 1 atom stereocenters. The molecule has 2 heterocycles. The number of hydrogen-bond acceptors (Lipinski definition) is 4. The number of fused-ring (bicyclic) bond motifs is 1. The van der Waals surface area contributed by atoms with Gasteiger partial charge < -0.3 is 24.8 Å². The highest BCUT2D eigenvalue weighted by molar-refractivity contribution is 5.84. The van der Waals surface area contributed by atoms with Gasteiger partial charge in [-0.25, -0.2) is 9.98 Å². The summed E-state index contributed by atoms with van der Waals surface area (Å²) in [5, 5.41) is 6.66. The van der Waals surface area contributed by atoms with E-state index < -0.39 is 0 Å². The average molecular weight is 401 g/mol. The molecule has 0 bridgehead atoms. The molecule has 2 aromatic rings. The molecule has 0 saturated carbocycles. The predicted molar refractivity (Wildman–Crippen MR) is 115 cm³/mol. The number of aliphatic imine (C=N–C) groups is 1. The first-order valence-electron chi connectivity index (χ1n) is 10.3. The van der Waals surface area contributed by atoms with E-state index in [1.807, 2.05) is 25.1 Å². The van der Waals surface area contributed by atoms with E-state index in [0.717, 1.165) is 55.8 Å². The molecular formula is C21H32N6O2. The number of hydrogen-bond donors (Lipinski definition) is 2. The maximum Gasteiger partial charge on any atom is 0.243 e. The number of imidazole rings is 1. The number of aryl methyl sites for hydroxylation is 2. The van der Waals surface area contributed by atoms with Crippen LogP contribution in [0.5, 0.6) is 0 Å². The minimum absolute atomic E-state index is 0.0243. The quantitative estimate of drug-likeness (QED) is 0.399. The van der Waals surface area contributed by atoms with Gasteiger partial charge in [-0.2, -0.15) is 0 Å². The van der Waals surface area contributed by atoms with E-state index in [9.17, 15) is 4.79 Å². The lowest BCUT2D eigenvalue weighted by molar-refractivity contribution is -0.127. The molecule has 1 aromatic carbocycles. The van der Waals surface area contributed by atoms with E-state index in [1.54, 1.807) is 19.0 Å². The first-order valence-corrected chi connectivity index (χ1v) is 10.3. The maximum absolute atomic E-state index is 11.9. The highest BCUT2D eigenvalue weighted by Crippen LogP contribution is 2.15. The van der Waals surface area contributed by atoms with E-state index in [1.165, 1.54) is 0 Å². The molecule has 2 N–H and O–H groups in total. The van der Waals surface area contributed by atoms with E-state index in [2.05, 4.69) is 31.2 Å². The SMILES string of the molecule is Cc1nc2ccccc2n1CCCNC(=NCC(=O)N(C)C)NCC1CCCO1. The van der Waals surface area contributed by atoms with Crippen LogP contribution in [0.2, 0.25) is 0 Å². The lowest BCUT2D eigenvalue weighted by Crippen LogP contribution is -2.42. The van der Waals surface area contributed by atoms with Crippen molar-refractivity contribution in [2.75, 3.05) is 40.3 Å². The molecule has 1 saturated heterocycles. The normalized spacial score (nSPS) is 16.9. The van der Waals surface area contributed by atoms with Gasteiger partial charge in [0.25, 0.3) is 0 Å². The van der Waals surface area contributed by atoms with Crippen molar-refractivity contribution in [1.29, 1.82) is 0 Å². The van der Waals surface area contributed by atoms with Gasteiger partial charge in [-0.3, -0.25) is 4.79 Å². The van der Waals surface area contributed by atoms with Crippen LogP contribution in [0.3, 0.4) is 0 Å². The van der Waals surface area contributed by atoms with Gasteiger partial charge in [-0.05, 0) is 38.3 Å². The van der Waals surface area contributed by atoms with Gasteiger partial charge in [0.2, 0.25) is 5.91 Å². The van der Waals surface area contributed by atoms with Crippen LogP contribution in [-0.4, -0.2) is 72.8 Å². The summed E-state index contributed by atoms with van der Waals surface area (Å²) in [7, 11) is 3.48. The summed E-state index contributed by atoms with van der Waals surface area (Å²) >= 11 is 0. The van der Waals surface area contributed by atoms with Crippen LogP contribution in [0, 0.1) is 6.92 Å². The Morgan fingerprint density at radius 1 is 1.34 bits per heavy atom. The second kappa shape index (κ2) is 10.2. The Labute approximate surface area is 172 Å². The van der Waals surface area contributed by atoms with Crippen LogP contribution < -0.4 is 10.6 Å². The molecule has 1 unspecified atom stereocenters. The summed E-state index contributed by atoms with van der Waals surface area (Å²) in [6.07, 6.45) is 3.29. The van der Waals surface area contributed by atoms with Crippen LogP contribution in [-0.2, 0) is 16.1 Å². The molecule has 0 aliphatic carbocycles. The van der Waals surface area contributed by atoms with Gasteiger partial charge in [-0.15, -0.1) is 0 Å². The predicted octanol–water partition coefficient (Wildman–Crippen LogP) is 1.54. The molecule has 0 spiro atoms. The largest absolute Gasteiger partial charge is 0.376 e. The third-order valence-corrected chi connectivity index (χ3v) is 5.09. The van der Waals surface area contributed by atoms with Gasteiger partial charge in [0, 0.05) is 40.3 Å². The summed E-state index contributed by atoms with van der Waals surface area (Å²) in [6.45, 7) is 5.31. The molecular weight excluding hydrogens is 368 g/mol. The number of benzene rings is 1. The van der Waals surface area contributed by atoms with Gasteiger partial charge in [0.15, 0.2) is 5.96 Å².